The summed E-state index contributed by atoms with van der Waals surface area (Å²) in [5.41, 5.74) is 0. The molecule has 0 spiro atoms. The van der Waals surface area contributed by atoms with Gasteiger partial charge >= 0.3 is 5.97 Å². The first kappa shape index (κ1) is 15.7. The summed E-state index contributed by atoms with van der Waals surface area (Å²) < 4.78 is 0. The number of carboxylic acids is 1. The van der Waals surface area contributed by atoms with Gasteiger partial charge in [0.1, 0.15) is 0 Å². The van der Waals surface area contributed by atoms with E-state index in [1.54, 1.807) is 0 Å². The van der Waals surface area contributed by atoms with Gasteiger partial charge in [0.25, 0.3) is 0 Å². The predicted octanol–water partition coefficient (Wildman–Crippen LogP) is 4.49. The summed E-state index contributed by atoms with van der Waals surface area (Å²) in [6.07, 6.45) is 19.0. The lowest BCUT2D eigenvalue weighted by molar-refractivity contribution is -0.137. The fraction of sp³-hybridized carbons (Fsp3) is 0.533. The maximum absolute atomic E-state index is 10.2. The molecule has 0 saturated carbocycles. The van der Waals surface area contributed by atoms with Crippen LogP contribution in [0.25, 0.3) is 0 Å². The van der Waals surface area contributed by atoms with E-state index in [1.807, 2.05) is 0 Å². The molecule has 0 amide bonds. The second kappa shape index (κ2) is 12.8. The number of carbonyl (C=O) groups is 1. The summed E-state index contributed by atoms with van der Waals surface area (Å²) in [6.45, 7) is 2.13. The third-order valence-electron chi connectivity index (χ3n) is 2.29. The van der Waals surface area contributed by atoms with Crippen molar-refractivity contribution < 1.29 is 9.90 Å². The highest BCUT2D eigenvalue weighted by molar-refractivity contribution is 5.66. The number of hydrogen-bond donors (Lipinski definition) is 1. The standard InChI is InChI=1S/C15H24O2/c1-2-3-4-5-6-7-8-9-10-11-12-13-14-15(16)17/h3-4,6-7,9-10H,2,5,8,11-14H2,1H3,(H,16,17)/b4-3+,7-6+,10-9+. The number of aliphatic carboxylic acids is 1. The van der Waals surface area contributed by atoms with Gasteiger partial charge in [0.15, 0.2) is 0 Å². The lowest BCUT2D eigenvalue weighted by Crippen LogP contribution is -1.92. The second-order valence-corrected chi connectivity index (χ2v) is 3.93. The highest BCUT2D eigenvalue weighted by Gasteiger charge is 1.93. The Balaban J connectivity index is 3.30. The molecule has 96 valence electrons. The van der Waals surface area contributed by atoms with E-state index < -0.39 is 5.97 Å². The van der Waals surface area contributed by atoms with Gasteiger partial charge in [-0.25, -0.2) is 0 Å². The molecular weight excluding hydrogens is 212 g/mol. The zero-order chi connectivity index (χ0) is 12.8. The van der Waals surface area contributed by atoms with Crippen LogP contribution < -0.4 is 0 Å². The van der Waals surface area contributed by atoms with Crippen molar-refractivity contribution in [3.05, 3.63) is 36.5 Å². The first-order chi connectivity index (χ1) is 8.27. The van der Waals surface area contributed by atoms with Crippen LogP contribution in [0, 0.1) is 0 Å². The maximum atomic E-state index is 10.2. The van der Waals surface area contributed by atoms with Crippen molar-refractivity contribution in [2.75, 3.05) is 0 Å². The van der Waals surface area contributed by atoms with Gasteiger partial charge in [-0.2, -0.15) is 0 Å². The molecular formula is C15H24O2. The van der Waals surface area contributed by atoms with Crippen LogP contribution in [0.2, 0.25) is 0 Å². The Morgan fingerprint density at radius 3 is 2.12 bits per heavy atom. The summed E-state index contributed by atoms with van der Waals surface area (Å²) in [4.78, 5) is 10.2. The molecule has 0 aromatic rings. The summed E-state index contributed by atoms with van der Waals surface area (Å²) in [7, 11) is 0. The predicted molar refractivity (Wildman–Crippen MR) is 73.0 cm³/mol. The van der Waals surface area contributed by atoms with E-state index in [9.17, 15) is 4.79 Å². The van der Waals surface area contributed by atoms with Crippen molar-refractivity contribution in [2.45, 2.75) is 51.9 Å². The Kier molecular flexibility index (Phi) is 11.8. The summed E-state index contributed by atoms with van der Waals surface area (Å²) >= 11 is 0. The van der Waals surface area contributed by atoms with Crippen LogP contribution in [-0.4, -0.2) is 11.1 Å². The molecule has 0 heterocycles. The summed E-state index contributed by atoms with van der Waals surface area (Å²) in [5, 5.41) is 8.44. The molecule has 17 heavy (non-hydrogen) atoms. The fourth-order valence-corrected chi connectivity index (χ4v) is 1.36. The molecule has 2 heteroatoms. The summed E-state index contributed by atoms with van der Waals surface area (Å²) in [5.74, 6) is -0.697. The number of rotatable bonds is 10. The first-order valence-corrected chi connectivity index (χ1v) is 6.44. The largest absolute Gasteiger partial charge is 0.481 e. The van der Waals surface area contributed by atoms with Crippen LogP contribution in [-0.2, 0) is 4.79 Å². The Morgan fingerprint density at radius 2 is 1.53 bits per heavy atom. The lowest BCUT2D eigenvalue weighted by Gasteiger charge is -1.92. The van der Waals surface area contributed by atoms with Crippen LogP contribution >= 0.6 is 0 Å². The third kappa shape index (κ3) is 14.7. The molecule has 0 aromatic heterocycles. The van der Waals surface area contributed by atoms with E-state index in [0.29, 0.717) is 0 Å². The van der Waals surface area contributed by atoms with E-state index in [0.717, 1.165) is 38.5 Å². The van der Waals surface area contributed by atoms with Crippen molar-refractivity contribution in [3.63, 3.8) is 0 Å². The van der Waals surface area contributed by atoms with E-state index in [2.05, 4.69) is 43.4 Å². The van der Waals surface area contributed by atoms with Gasteiger partial charge in [0, 0.05) is 6.42 Å². The monoisotopic (exact) mass is 236 g/mol. The van der Waals surface area contributed by atoms with Crippen molar-refractivity contribution >= 4 is 5.97 Å². The molecule has 0 unspecified atom stereocenters. The van der Waals surface area contributed by atoms with Crippen LogP contribution in [0.4, 0.5) is 0 Å². The maximum Gasteiger partial charge on any atom is 0.303 e. The van der Waals surface area contributed by atoms with Gasteiger partial charge in [-0.1, -0.05) is 43.4 Å². The van der Waals surface area contributed by atoms with E-state index in [1.165, 1.54) is 0 Å². The SMILES string of the molecule is CC/C=C/C/C=C/C/C=C/CCCCC(=O)O. The normalized spacial score (nSPS) is 12.1. The third-order valence-corrected chi connectivity index (χ3v) is 2.29. The average molecular weight is 236 g/mol. The van der Waals surface area contributed by atoms with E-state index in [-0.39, 0.29) is 6.42 Å². The van der Waals surface area contributed by atoms with Crippen LogP contribution in [0.5, 0.6) is 0 Å². The average Bonchev–Trinajstić information content (AvgIpc) is 2.30. The number of unbranched alkanes of at least 4 members (excludes halogenated alkanes) is 2. The Hall–Kier alpha value is -1.31. The minimum Gasteiger partial charge on any atom is -0.481 e. The van der Waals surface area contributed by atoms with Crippen LogP contribution in [0.15, 0.2) is 36.5 Å². The minimum absolute atomic E-state index is 0.289. The minimum atomic E-state index is -0.697. The van der Waals surface area contributed by atoms with Gasteiger partial charge in [-0.3, -0.25) is 4.79 Å². The van der Waals surface area contributed by atoms with Crippen molar-refractivity contribution in [3.8, 4) is 0 Å². The van der Waals surface area contributed by atoms with Gasteiger partial charge < -0.3 is 5.11 Å². The number of hydrogen-bond acceptors (Lipinski definition) is 1. The smallest absolute Gasteiger partial charge is 0.303 e. The molecule has 0 saturated heterocycles. The van der Waals surface area contributed by atoms with E-state index in [4.69, 9.17) is 5.11 Å². The molecule has 0 aliphatic rings. The molecule has 0 fully saturated rings. The van der Waals surface area contributed by atoms with Crippen LogP contribution in [0.3, 0.4) is 0 Å². The Labute approximate surface area is 105 Å². The molecule has 0 aromatic carbocycles. The van der Waals surface area contributed by atoms with Crippen molar-refractivity contribution in [1.82, 2.24) is 0 Å². The molecule has 0 rings (SSSR count). The van der Waals surface area contributed by atoms with Gasteiger partial charge in [-0.05, 0) is 38.5 Å². The van der Waals surface area contributed by atoms with Crippen LogP contribution in [0.1, 0.15) is 51.9 Å². The molecule has 1 N–H and O–H groups in total. The molecule has 0 bridgehead atoms. The molecule has 2 nitrogen and oxygen atoms in total. The first-order valence-electron chi connectivity index (χ1n) is 6.44. The van der Waals surface area contributed by atoms with Gasteiger partial charge in [0.05, 0.1) is 0 Å². The number of allylic oxidation sites excluding steroid dienone is 6. The molecule has 0 aliphatic carbocycles. The lowest BCUT2D eigenvalue weighted by atomic mass is 10.2. The van der Waals surface area contributed by atoms with Crippen molar-refractivity contribution in [1.29, 1.82) is 0 Å². The Bertz CT molecular complexity index is 262. The fourth-order valence-electron chi connectivity index (χ4n) is 1.36. The highest BCUT2D eigenvalue weighted by atomic mass is 16.4. The topological polar surface area (TPSA) is 37.3 Å². The number of carboxylic acid groups (broad SMARTS) is 1. The molecule has 0 aliphatic heterocycles. The second-order valence-electron chi connectivity index (χ2n) is 3.93. The van der Waals surface area contributed by atoms with Gasteiger partial charge in [-0.15, -0.1) is 0 Å². The zero-order valence-corrected chi connectivity index (χ0v) is 10.8. The van der Waals surface area contributed by atoms with Gasteiger partial charge in [0.2, 0.25) is 0 Å². The Morgan fingerprint density at radius 1 is 0.941 bits per heavy atom. The summed E-state index contributed by atoms with van der Waals surface area (Å²) in [6, 6.07) is 0. The van der Waals surface area contributed by atoms with Crippen molar-refractivity contribution in [2.24, 2.45) is 0 Å². The molecule has 0 atom stereocenters. The highest BCUT2D eigenvalue weighted by Crippen LogP contribution is 2.01. The zero-order valence-electron chi connectivity index (χ0n) is 10.8. The quantitative estimate of drug-likeness (QED) is 0.448. The molecule has 0 radical (unpaired) electrons. The van der Waals surface area contributed by atoms with E-state index >= 15 is 0 Å².